The average Bonchev–Trinajstić information content (AvgIpc) is 3.10. The Morgan fingerprint density at radius 1 is 1.03 bits per heavy atom. The quantitative estimate of drug-likeness (QED) is 0.574. The lowest BCUT2D eigenvalue weighted by Crippen LogP contribution is -2.48. The van der Waals surface area contributed by atoms with Crippen molar-refractivity contribution in [1.29, 1.82) is 0 Å². The lowest BCUT2D eigenvalue weighted by Gasteiger charge is -2.20. The van der Waals surface area contributed by atoms with Gasteiger partial charge in [0.25, 0.3) is 0 Å². The Labute approximate surface area is 184 Å². The second-order valence-corrected chi connectivity index (χ2v) is 8.90. The van der Waals surface area contributed by atoms with Crippen molar-refractivity contribution >= 4 is 35.3 Å². The zero-order valence-corrected chi connectivity index (χ0v) is 18.4. The Morgan fingerprint density at radius 2 is 1.70 bits per heavy atom. The molecule has 3 rings (SSSR count). The van der Waals surface area contributed by atoms with Crippen molar-refractivity contribution in [2.24, 2.45) is 0 Å². The zero-order chi connectivity index (χ0) is 21.7. The minimum atomic E-state index is -0.530. The summed E-state index contributed by atoms with van der Waals surface area (Å²) in [6.45, 7) is 5.52. The highest BCUT2D eigenvalue weighted by Gasteiger charge is 2.19. The number of aromatic nitrogens is 3. The molecule has 156 valence electrons. The van der Waals surface area contributed by atoms with Gasteiger partial charge in [-0.2, -0.15) is 0 Å². The Kier molecular flexibility index (Phi) is 6.79. The van der Waals surface area contributed by atoms with E-state index in [0.29, 0.717) is 16.0 Å². The van der Waals surface area contributed by atoms with E-state index in [1.807, 2.05) is 67.8 Å². The van der Waals surface area contributed by atoms with Crippen molar-refractivity contribution in [2.45, 2.75) is 31.5 Å². The molecule has 3 amide bonds. The Balaban J connectivity index is 1.81. The molecule has 0 unspecified atom stereocenters. The van der Waals surface area contributed by atoms with E-state index in [1.165, 1.54) is 11.8 Å². The van der Waals surface area contributed by atoms with Crippen molar-refractivity contribution in [2.75, 3.05) is 5.75 Å². The van der Waals surface area contributed by atoms with Crippen molar-refractivity contribution < 1.29 is 9.59 Å². The number of hydrogen-bond acceptors (Lipinski definition) is 5. The number of rotatable bonds is 5. The first kappa shape index (κ1) is 21.9. The molecule has 0 aliphatic heterocycles. The van der Waals surface area contributed by atoms with Gasteiger partial charge in [-0.3, -0.25) is 14.7 Å². The fourth-order valence-electron chi connectivity index (χ4n) is 2.63. The summed E-state index contributed by atoms with van der Waals surface area (Å²) in [7, 11) is 0. The van der Waals surface area contributed by atoms with Gasteiger partial charge in [-0.25, -0.2) is 4.79 Å². The molecule has 2 aromatic carbocycles. The fourth-order valence-corrected chi connectivity index (χ4v) is 3.50. The number of benzene rings is 2. The summed E-state index contributed by atoms with van der Waals surface area (Å²) in [5.41, 5.74) is 1.27. The molecule has 0 bridgehead atoms. The van der Waals surface area contributed by atoms with Gasteiger partial charge in [0.1, 0.15) is 0 Å². The topological polar surface area (TPSA) is 88.9 Å². The van der Waals surface area contributed by atoms with Crippen LogP contribution in [0.1, 0.15) is 20.8 Å². The van der Waals surface area contributed by atoms with Gasteiger partial charge < -0.3 is 5.32 Å². The fraction of sp³-hybridized carbons (Fsp3) is 0.238. The Morgan fingerprint density at radius 3 is 2.33 bits per heavy atom. The van der Waals surface area contributed by atoms with Crippen LogP contribution in [0, 0.1) is 0 Å². The van der Waals surface area contributed by atoms with Gasteiger partial charge in [0, 0.05) is 21.8 Å². The number of carbonyl (C=O) groups excluding carboxylic acids is 2. The molecule has 1 aromatic heterocycles. The number of imide groups is 1. The number of nitrogens with zero attached hydrogens (tertiary/aromatic N) is 3. The average molecular weight is 444 g/mol. The van der Waals surface area contributed by atoms with Crippen LogP contribution < -0.4 is 10.6 Å². The molecular formula is C21H22ClN5O2S. The number of nitrogens with one attached hydrogen (secondary N) is 2. The molecule has 0 saturated carbocycles. The Hall–Kier alpha value is -2.84. The molecule has 9 heteroatoms. The van der Waals surface area contributed by atoms with Crippen LogP contribution in [0.2, 0.25) is 5.02 Å². The molecule has 2 N–H and O–H groups in total. The number of thioether (sulfide) groups is 1. The lowest BCUT2D eigenvalue weighted by molar-refractivity contribution is -0.117. The summed E-state index contributed by atoms with van der Waals surface area (Å²) >= 11 is 7.22. The van der Waals surface area contributed by atoms with Crippen LogP contribution in [-0.4, -0.2) is 38.0 Å². The largest absolute Gasteiger partial charge is 0.333 e. The SMILES string of the molecule is CC(C)(C)NC(=O)NC(=O)CSc1nnc(-c2ccccc2)n1-c1ccc(Cl)cc1. The molecular weight excluding hydrogens is 422 g/mol. The highest BCUT2D eigenvalue weighted by atomic mass is 35.5. The molecule has 0 aliphatic rings. The van der Waals surface area contributed by atoms with E-state index in [1.54, 1.807) is 12.1 Å². The van der Waals surface area contributed by atoms with Gasteiger partial charge >= 0.3 is 6.03 Å². The second-order valence-electron chi connectivity index (χ2n) is 7.53. The monoisotopic (exact) mass is 443 g/mol. The van der Waals surface area contributed by atoms with Gasteiger partial charge in [0.15, 0.2) is 11.0 Å². The van der Waals surface area contributed by atoms with Crippen molar-refractivity contribution in [3.8, 4) is 17.1 Å². The molecule has 7 nitrogen and oxygen atoms in total. The summed E-state index contributed by atoms with van der Waals surface area (Å²) in [5, 5.41) is 14.7. The second kappa shape index (κ2) is 9.32. The van der Waals surface area contributed by atoms with Gasteiger partial charge in [-0.15, -0.1) is 10.2 Å². The predicted molar refractivity (Wildman–Crippen MR) is 119 cm³/mol. The normalized spacial score (nSPS) is 11.2. The van der Waals surface area contributed by atoms with Gasteiger partial charge in [0.05, 0.1) is 5.75 Å². The summed E-state index contributed by atoms with van der Waals surface area (Å²) in [6, 6.07) is 16.4. The lowest BCUT2D eigenvalue weighted by atomic mass is 10.1. The van der Waals surface area contributed by atoms with Gasteiger partial charge in [-0.05, 0) is 45.0 Å². The number of halogens is 1. The third-order valence-electron chi connectivity index (χ3n) is 3.82. The van der Waals surface area contributed by atoms with E-state index < -0.39 is 17.5 Å². The van der Waals surface area contributed by atoms with Crippen LogP contribution in [0.4, 0.5) is 4.79 Å². The van der Waals surface area contributed by atoms with E-state index in [9.17, 15) is 9.59 Å². The van der Waals surface area contributed by atoms with Crippen LogP contribution in [0.15, 0.2) is 59.8 Å². The van der Waals surface area contributed by atoms with Crippen molar-refractivity contribution in [3.05, 3.63) is 59.6 Å². The van der Waals surface area contributed by atoms with Crippen molar-refractivity contribution in [3.63, 3.8) is 0 Å². The highest BCUT2D eigenvalue weighted by Crippen LogP contribution is 2.28. The summed E-state index contributed by atoms with van der Waals surface area (Å²) < 4.78 is 1.86. The van der Waals surface area contributed by atoms with Crippen molar-refractivity contribution in [1.82, 2.24) is 25.4 Å². The maximum absolute atomic E-state index is 12.2. The van der Waals surface area contributed by atoms with E-state index in [4.69, 9.17) is 11.6 Å². The highest BCUT2D eigenvalue weighted by molar-refractivity contribution is 7.99. The first-order valence-electron chi connectivity index (χ1n) is 9.24. The number of hydrogen-bond donors (Lipinski definition) is 2. The third-order valence-corrected chi connectivity index (χ3v) is 5.00. The van der Waals surface area contributed by atoms with E-state index in [0.717, 1.165) is 11.3 Å². The molecule has 0 radical (unpaired) electrons. The Bertz CT molecular complexity index is 1030. The van der Waals surface area contributed by atoms with Crippen LogP contribution in [0.5, 0.6) is 0 Å². The first-order chi connectivity index (χ1) is 14.2. The van der Waals surface area contributed by atoms with Crippen LogP contribution in [0.3, 0.4) is 0 Å². The van der Waals surface area contributed by atoms with Crippen LogP contribution in [0.25, 0.3) is 17.1 Å². The standard InChI is InChI=1S/C21H22ClN5O2S/c1-21(2,3)24-19(29)23-17(28)13-30-20-26-25-18(14-7-5-4-6-8-14)27(20)16-11-9-15(22)10-12-16/h4-12H,13H2,1-3H3,(H2,23,24,28,29). The first-order valence-corrected chi connectivity index (χ1v) is 10.6. The molecule has 0 spiro atoms. The summed E-state index contributed by atoms with van der Waals surface area (Å²) in [4.78, 5) is 24.1. The smallest absolute Gasteiger partial charge is 0.321 e. The number of carbonyl (C=O) groups is 2. The maximum atomic E-state index is 12.2. The molecule has 0 aliphatic carbocycles. The molecule has 1 heterocycles. The summed E-state index contributed by atoms with van der Waals surface area (Å²) in [6.07, 6.45) is 0. The van der Waals surface area contributed by atoms with E-state index in [2.05, 4.69) is 20.8 Å². The number of amides is 3. The molecule has 0 fully saturated rings. The zero-order valence-electron chi connectivity index (χ0n) is 16.8. The van der Waals surface area contributed by atoms with Gasteiger partial charge in [0.2, 0.25) is 5.91 Å². The molecule has 0 saturated heterocycles. The van der Waals surface area contributed by atoms with Crippen LogP contribution >= 0.6 is 23.4 Å². The van der Waals surface area contributed by atoms with E-state index in [-0.39, 0.29) is 5.75 Å². The molecule has 3 aromatic rings. The minimum absolute atomic E-state index is 0.0120. The van der Waals surface area contributed by atoms with E-state index >= 15 is 0 Å². The maximum Gasteiger partial charge on any atom is 0.321 e. The van der Waals surface area contributed by atoms with Gasteiger partial charge in [-0.1, -0.05) is 53.7 Å². The number of urea groups is 1. The summed E-state index contributed by atoms with van der Waals surface area (Å²) in [5.74, 6) is 0.234. The third kappa shape index (κ3) is 5.84. The predicted octanol–water partition coefficient (Wildman–Crippen LogP) is 4.30. The molecule has 30 heavy (non-hydrogen) atoms. The minimum Gasteiger partial charge on any atom is -0.333 e. The van der Waals surface area contributed by atoms with Crippen LogP contribution in [-0.2, 0) is 4.79 Å². The molecule has 0 atom stereocenters.